The molecule has 6 rings (SSSR count). The molecule has 3 aliphatic heterocycles. The number of benzene rings is 2. The van der Waals surface area contributed by atoms with E-state index in [4.69, 9.17) is 32.8 Å². The normalized spacial score (nSPS) is 26.3. The van der Waals surface area contributed by atoms with Crippen molar-refractivity contribution >= 4 is 29.1 Å². The Kier molecular flexibility index (Phi) is 8.70. The summed E-state index contributed by atoms with van der Waals surface area (Å²) >= 11 is 12.2. The molecule has 3 aliphatic rings. The Morgan fingerprint density at radius 1 is 1.12 bits per heavy atom. The zero-order valence-corrected chi connectivity index (χ0v) is 25.1. The molecule has 0 spiro atoms. The molecule has 2 saturated heterocycles. The number of hydroxylamine groups is 2. The summed E-state index contributed by atoms with van der Waals surface area (Å²) in [5, 5.41) is 11.9. The maximum Gasteiger partial charge on any atom is 0.281 e. The van der Waals surface area contributed by atoms with Crippen LogP contribution in [-0.2, 0) is 21.8 Å². The standard InChI is InChI=1S/C31H32Cl2F2N4O4/c1-42-39-30(41)23-7-6-22(18-2-4-19(32)5-3-18)24(15-28-36-16-20(33)17-37-28)29(23)31(39,35)27(9-12-40)38-11-8-21(34)14-25(38)26-10-13-43-26/h2-7,16-17,21,25-27,40H,8-15H2,1H3/t21?,25?,26?,27?,31-/m1/s1. The number of rotatable bonds is 9. The van der Waals surface area contributed by atoms with E-state index >= 15 is 4.39 Å². The third kappa shape index (κ3) is 5.43. The van der Waals surface area contributed by atoms with Crippen molar-refractivity contribution in [1.29, 1.82) is 0 Å². The smallest absolute Gasteiger partial charge is 0.281 e. The fourth-order valence-corrected chi connectivity index (χ4v) is 6.98. The summed E-state index contributed by atoms with van der Waals surface area (Å²) in [7, 11) is 1.25. The Morgan fingerprint density at radius 2 is 1.81 bits per heavy atom. The second kappa shape index (κ2) is 12.3. The number of halogens is 4. The molecule has 3 aromatic rings. The van der Waals surface area contributed by atoms with Gasteiger partial charge in [-0.25, -0.2) is 18.7 Å². The molecule has 4 heterocycles. The van der Waals surface area contributed by atoms with Crippen LogP contribution in [0.2, 0.25) is 10.0 Å². The van der Waals surface area contributed by atoms with Crippen LogP contribution in [0.3, 0.4) is 0 Å². The lowest BCUT2D eigenvalue weighted by Crippen LogP contribution is -2.64. The van der Waals surface area contributed by atoms with Gasteiger partial charge in [0.15, 0.2) is 0 Å². The number of hydrogen-bond acceptors (Lipinski definition) is 7. The SMILES string of the molecule is CON1C(=O)c2ccc(-c3ccc(Cl)cc3)c(Cc3ncc(Cl)cn3)c2[C@@]1(F)C(CCO)N1CCC(F)CC1C1CCO1. The predicted octanol–water partition coefficient (Wildman–Crippen LogP) is 5.52. The molecule has 1 amide bonds. The number of carbonyl (C=O) groups is 1. The summed E-state index contributed by atoms with van der Waals surface area (Å²) in [6.07, 6.45) is 2.74. The molecule has 2 aromatic carbocycles. The maximum atomic E-state index is 18.5. The van der Waals surface area contributed by atoms with E-state index in [1.54, 1.807) is 24.3 Å². The molecule has 0 saturated carbocycles. The minimum absolute atomic E-state index is 0.0364. The van der Waals surface area contributed by atoms with E-state index < -0.39 is 30.0 Å². The Morgan fingerprint density at radius 3 is 2.44 bits per heavy atom. The van der Waals surface area contributed by atoms with Crippen LogP contribution in [0.25, 0.3) is 11.1 Å². The van der Waals surface area contributed by atoms with Gasteiger partial charge in [-0.15, -0.1) is 0 Å². The van der Waals surface area contributed by atoms with E-state index in [-0.39, 0.29) is 56.1 Å². The van der Waals surface area contributed by atoms with Crippen LogP contribution in [0, 0.1) is 0 Å². The number of nitrogens with zero attached hydrogens (tertiary/aromatic N) is 4. The summed E-state index contributed by atoms with van der Waals surface area (Å²) in [6, 6.07) is 8.98. The molecule has 12 heteroatoms. The number of hydrogen-bond donors (Lipinski definition) is 1. The molecule has 0 bridgehead atoms. The number of likely N-dealkylation sites (tertiary alicyclic amines) is 1. The van der Waals surface area contributed by atoms with Crippen LogP contribution in [0.5, 0.6) is 0 Å². The first-order valence-corrected chi connectivity index (χ1v) is 15.1. The molecule has 228 valence electrons. The minimum atomic E-state index is -2.56. The number of piperidine rings is 1. The maximum absolute atomic E-state index is 18.5. The van der Waals surface area contributed by atoms with Gasteiger partial charge in [0.05, 0.1) is 29.8 Å². The van der Waals surface area contributed by atoms with Crippen LogP contribution >= 0.6 is 23.2 Å². The van der Waals surface area contributed by atoms with E-state index in [0.29, 0.717) is 33.6 Å². The van der Waals surface area contributed by atoms with Crippen molar-refractivity contribution in [2.75, 3.05) is 26.9 Å². The van der Waals surface area contributed by atoms with Crippen LogP contribution in [0.15, 0.2) is 48.8 Å². The van der Waals surface area contributed by atoms with E-state index in [1.165, 1.54) is 19.5 Å². The highest BCUT2D eigenvalue weighted by atomic mass is 35.5. The molecule has 1 aromatic heterocycles. The van der Waals surface area contributed by atoms with Gasteiger partial charge in [-0.3, -0.25) is 14.5 Å². The van der Waals surface area contributed by atoms with Gasteiger partial charge in [0.25, 0.3) is 11.7 Å². The fraction of sp³-hybridized carbons (Fsp3) is 0.452. The minimum Gasteiger partial charge on any atom is -0.396 e. The fourth-order valence-electron chi connectivity index (χ4n) is 6.75. The van der Waals surface area contributed by atoms with Gasteiger partial charge in [-0.2, -0.15) is 5.06 Å². The number of aliphatic hydroxyl groups is 1. The van der Waals surface area contributed by atoms with Crippen molar-refractivity contribution in [2.45, 2.75) is 62.3 Å². The number of ether oxygens (including phenoxy) is 1. The second-order valence-corrected chi connectivity index (χ2v) is 12.0. The van der Waals surface area contributed by atoms with Crippen molar-refractivity contribution in [3.05, 3.63) is 81.4 Å². The Hall–Kier alpha value is -2.73. The van der Waals surface area contributed by atoms with Crippen LogP contribution in [0.1, 0.15) is 53.0 Å². The van der Waals surface area contributed by atoms with Crippen LogP contribution in [-0.4, -0.2) is 82.2 Å². The number of aliphatic hydroxyl groups excluding tert-OH is 1. The predicted molar refractivity (Wildman–Crippen MR) is 157 cm³/mol. The molecule has 1 N–H and O–H groups in total. The van der Waals surface area contributed by atoms with E-state index in [9.17, 15) is 14.3 Å². The first-order chi connectivity index (χ1) is 20.8. The summed E-state index contributed by atoms with van der Waals surface area (Å²) in [5.74, 6) is -2.84. The van der Waals surface area contributed by atoms with E-state index in [1.807, 2.05) is 17.0 Å². The lowest BCUT2D eigenvalue weighted by Gasteiger charge is -2.51. The monoisotopic (exact) mass is 632 g/mol. The summed E-state index contributed by atoms with van der Waals surface area (Å²) in [6.45, 7) is 0.423. The summed E-state index contributed by atoms with van der Waals surface area (Å²) in [5.41, 5.74) is 2.13. The van der Waals surface area contributed by atoms with Crippen molar-refractivity contribution in [2.24, 2.45) is 0 Å². The Labute approximate surface area is 258 Å². The Bertz CT molecular complexity index is 1480. The Balaban J connectivity index is 1.56. The molecule has 8 nitrogen and oxygen atoms in total. The number of aromatic nitrogens is 2. The number of amides is 1. The van der Waals surface area contributed by atoms with Crippen LogP contribution in [0.4, 0.5) is 8.78 Å². The van der Waals surface area contributed by atoms with E-state index in [0.717, 1.165) is 17.0 Å². The van der Waals surface area contributed by atoms with Crippen LogP contribution < -0.4 is 0 Å². The quantitative estimate of drug-likeness (QED) is 0.311. The zero-order chi connectivity index (χ0) is 30.3. The molecule has 0 radical (unpaired) electrons. The lowest BCUT2D eigenvalue weighted by atomic mass is 9.82. The molecule has 5 atom stereocenters. The van der Waals surface area contributed by atoms with Gasteiger partial charge in [0.1, 0.15) is 12.0 Å². The average Bonchev–Trinajstić information content (AvgIpc) is 3.19. The summed E-state index contributed by atoms with van der Waals surface area (Å²) in [4.78, 5) is 30.0. The molecule has 0 aliphatic carbocycles. The highest BCUT2D eigenvalue weighted by Crippen LogP contribution is 2.51. The van der Waals surface area contributed by atoms with Crippen molar-refractivity contribution in [3.8, 4) is 11.1 Å². The average molecular weight is 634 g/mol. The third-order valence-corrected chi connectivity index (χ3v) is 9.20. The van der Waals surface area contributed by atoms with Gasteiger partial charge in [-0.05, 0) is 60.6 Å². The number of fused-ring (bicyclic) bond motifs is 1. The first-order valence-electron chi connectivity index (χ1n) is 14.3. The molecule has 4 unspecified atom stereocenters. The van der Waals surface area contributed by atoms with Gasteiger partial charge < -0.3 is 9.84 Å². The molecular weight excluding hydrogens is 601 g/mol. The summed E-state index contributed by atoms with van der Waals surface area (Å²) < 4.78 is 39.0. The number of alkyl halides is 2. The van der Waals surface area contributed by atoms with Crippen molar-refractivity contribution < 1.29 is 28.3 Å². The topological polar surface area (TPSA) is 88.0 Å². The molecule has 43 heavy (non-hydrogen) atoms. The second-order valence-electron chi connectivity index (χ2n) is 11.1. The van der Waals surface area contributed by atoms with Crippen molar-refractivity contribution in [1.82, 2.24) is 19.9 Å². The highest BCUT2D eigenvalue weighted by molar-refractivity contribution is 6.30. The van der Waals surface area contributed by atoms with Crippen molar-refractivity contribution in [3.63, 3.8) is 0 Å². The van der Waals surface area contributed by atoms with Gasteiger partial charge in [0, 0.05) is 55.2 Å². The lowest BCUT2D eigenvalue weighted by molar-refractivity contribution is -0.247. The number of carbonyl (C=O) groups excluding carboxylic acids is 1. The highest BCUT2D eigenvalue weighted by Gasteiger charge is 2.61. The zero-order valence-electron chi connectivity index (χ0n) is 23.6. The molecular formula is C31H32Cl2F2N4O4. The van der Waals surface area contributed by atoms with E-state index in [2.05, 4.69) is 9.97 Å². The molecule has 2 fully saturated rings. The largest absolute Gasteiger partial charge is 0.396 e. The van der Waals surface area contributed by atoms with Gasteiger partial charge in [-0.1, -0.05) is 41.4 Å². The third-order valence-electron chi connectivity index (χ3n) is 8.75. The van der Waals surface area contributed by atoms with Gasteiger partial charge >= 0.3 is 0 Å². The van der Waals surface area contributed by atoms with Gasteiger partial charge in [0.2, 0.25) is 0 Å². The first kappa shape index (κ1) is 30.3.